The first-order chi connectivity index (χ1) is 6.88. The highest BCUT2D eigenvalue weighted by atomic mass is 127. The van der Waals surface area contributed by atoms with Gasteiger partial charge in [0.25, 0.3) is 0 Å². The summed E-state index contributed by atoms with van der Waals surface area (Å²) in [6.45, 7) is 0. The molecule has 3 heteroatoms. The molecule has 2 aromatic rings. The highest BCUT2D eigenvalue weighted by molar-refractivity contribution is 9.08. The highest BCUT2D eigenvalue weighted by Gasteiger charge is 2.16. The van der Waals surface area contributed by atoms with Crippen molar-refractivity contribution in [1.82, 2.24) is 0 Å². The minimum absolute atomic E-state index is 0.0411. The van der Waals surface area contributed by atoms with Crippen LogP contribution in [-0.4, -0.2) is 0 Å². The third-order valence-electron chi connectivity index (χ3n) is 1.73. The second kappa shape index (κ2) is 5.28. The zero-order valence-electron chi connectivity index (χ0n) is 7.41. The van der Waals surface area contributed by atoms with Gasteiger partial charge in [0.2, 0.25) is 2.88 Å². The minimum Gasteiger partial charge on any atom is -0.0963 e. The van der Waals surface area contributed by atoms with Crippen molar-refractivity contribution in [3.05, 3.63) is 53.8 Å². The lowest BCUT2D eigenvalue weighted by Crippen LogP contribution is -3.61. The Morgan fingerprint density at radius 1 is 1.21 bits per heavy atom. The Morgan fingerprint density at radius 2 is 2.14 bits per heavy atom. The van der Waals surface area contributed by atoms with Gasteiger partial charge in [0.05, 0.1) is 0 Å². The first-order valence-electron chi connectivity index (χ1n) is 4.22. The number of benzene rings is 1. The predicted octanol–water partition coefficient (Wildman–Crippen LogP) is 0.771. The predicted molar refractivity (Wildman–Crippen MR) is 60.8 cm³/mol. The average Bonchev–Trinajstić information content (AvgIpc) is 2.71. The summed E-state index contributed by atoms with van der Waals surface area (Å²) in [4.78, 5) is 0. The molecule has 0 radical (unpaired) electrons. The van der Waals surface area contributed by atoms with E-state index in [2.05, 4.69) is 57.7 Å². The molecule has 0 N–H and O–H groups in total. The van der Waals surface area contributed by atoms with Crippen LogP contribution < -0.4 is 21.2 Å². The maximum Gasteiger partial charge on any atom is 0.369 e. The quantitative estimate of drug-likeness (QED) is 0.546. The topological polar surface area (TPSA) is 0 Å². The van der Waals surface area contributed by atoms with Crippen LogP contribution in [0.2, 0.25) is 0 Å². The maximum absolute atomic E-state index is 3.48. The number of hydrogen-bond acceptors (Lipinski definition) is 1. The van der Waals surface area contributed by atoms with Crippen LogP contribution in [0.1, 0.15) is 5.56 Å². The molecule has 1 aromatic heterocycles. The van der Waals surface area contributed by atoms with E-state index in [0.717, 1.165) is 5.33 Å². The van der Waals surface area contributed by atoms with Crippen LogP contribution in [0, 0.1) is 6.45 Å². The van der Waals surface area contributed by atoms with Gasteiger partial charge in [-0.15, -0.1) is 0 Å². The van der Waals surface area contributed by atoms with Crippen LogP contribution in [0.25, 0.3) is 0 Å². The largest absolute Gasteiger partial charge is 0.369 e. The van der Waals surface area contributed by atoms with Gasteiger partial charge >= 0.3 is 21.2 Å². The summed E-state index contributed by atoms with van der Waals surface area (Å²) in [5.41, 5.74) is 1.37. The number of hydrogen-bond donors (Lipinski definition) is 0. The fourth-order valence-electron chi connectivity index (χ4n) is 1.10. The third-order valence-corrected chi connectivity index (χ3v) is 6.50. The van der Waals surface area contributed by atoms with Gasteiger partial charge in [-0.25, -0.2) is 0 Å². The summed E-state index contributed by atoms with van der Waals surface area (Å²) in [7, 11) is 0. The Morgan fingerprint density at radius 3 is 2.86 bits per heavy atom. The minimum atomic E-state index is 0.0411. The number of rotatable bonds is 3. The molecule has 1 aromatic carbocycles. The van der Waals surface area contributed by atoms with Gasteiger partial charge < -0.3 is 0 Å². The Bertz CT molecular complexity index is 397. The van der Waals surface area contributed by atoms with Crippen LogP contribution in [0.4, 0.5) is 0 Å². The maximum atomic E-state index is 3.48. The number of halogens is 2. The highest BCUT2D eigenvalue weighted by Crippen LogP contribution is 2.03. The molecule has 0 fully saturated rings. The van der Waals surface area contributed by atoms with Crippen molar-refractivity contribution in [1.29, 1.82) is 0 Å². The molecule has 2 rings (SSSR count). The standard InChI is InChI=1S/C11H9BrIS/c12-8-9-3-1-4-10(7-9)13-11-5-2-6-14-11/h1-7H,8H2/q+1. The number of thiophene rings is 1. The third kappa shape index (κ3) is 2.81. The summed E-state index contributed by atoms with van der Waals surface area (Å²) in [5.74, 6) is 0. The van der Waals surface area contributed by atoms with E-state index in [4.69, 9.17) is 0 Å². The van der Waals surface area contributed by atoms with E-state index in [1.807, 2.05) is 11.3 Å². The van der Waals surface area contributed by atoms with Gasteiger partial charge in [0.15, 0.2) is 3.57 Å². The van der Waals surface area contributed by atoms with E-state index in [-0.39, 0.29) is 21.2 Å². The molecule has 0 bridgehead atoms. The lowest BCUT2D eigenvalue weighted by atomic mass is 10.2. The first-order valence-corrected chi connectivity index (χ1v) is 8.37. The summed E-state index contributed by atoms with van der Waals surface area (Å²) in [6, 6.07) is 13.2. The summed E-state index contributed by atoms with van der Waals surface area (Å²) >= 11 is 5.39. The molecular weight excluding hydrogens is 371 g/mol. The molecule has 1 heterocycles. The zero-order valence-corrected chi connectivity index (χ0v) is 12.0. The van der Waals surface area contributed by atoms with Crippen molar-refractivity contribution in [3.63, 3.8) is 0 Å². The van der Waals surface area contributed by atoms with Crippen LogP contribution in [0.15, 0.2) is 41.8 Å². The molecule has 14 heavy (non-hydrogen) atoms. The SMILES string of the molecule is BrCc1cccc([I+]c2cccs2)c1. The Balaban J connectivity index is 2.17. The van der Waals surface area contributed by atoms with Gasteiger partial charge in [0, 0.05) is 11.4 Å². The molecule has 0 amide bonds. The van der Waals surface area contributed by atoms with E-state index >= 15 is 0 Å². The first kappa shape index (κ1) is 10.6. The fraction of sp³-hybridized carbons (Fsp3) is 0.0909. The van der Waals surface area contributed by atoms with Gasteiger partial charge in [0.1, 0.15) is 0 Å². The van der Waals surface area contributed by atoms with Crippen LogP contribution in [0.3, 0.4) is 0 Å². The van der Waals surface area contributed by atoms with Crippen molar-refractivity contribution < 1.29 is 21.2 Å². The Hall–Kier alpha value is 0.130. The summed E-state index contributed by atoms with van der Waals surface area (Å²) in [6.07, 6.45) is 0. The molecule has 0 saturated carbocycles. The molecule has 0 aliphatic heterocycles. The Kier molecular flexibility index (Phi) is 4.01. The number of alkyl halides is 1. The molecule has 0 unspecified atom stereocenters. The second-order valence-corrected chi connectivity index (χ2v) is 7.96. The molecular formula is C11H9BrIS+. The van der Waals surface area contributed by atoms with Crippen LogP contribution in [0.5, 0.6) is 0 Å². The van der Waals surface area contributed by atoms with Crippen molar-refractivity contribution >= 4 is 27.3 Å². The monoisotopic (exact) mass is 379 g/mol. The average molecular weight is 380 g/mol. The summed E-state index contributed by atoms with van der Waals surface area (Å²) in [5, 5.41) is 3.11. The molecule has 0 atom stereocenters. The molecule has 0 saturated heterocycles. The van der Waals surface area contributed by atoms with Gasteiger partial charge in [-0.05, 0) is 29.1 Å². The Labute approximate surface area is 107 Å². The molecule has 72 valence electrons. The second-order valence-electron chi connectivity index (χ2n) is 2.78. The van der Waals surface area contributed by atoms with Crippen molar-refractivity contribution in [2.24, 2.45) is 0 Å². The molecule has 0 nitrogen and oxygen atoms in total. The lowest BCUT2D eigenvalue weighted by molar-refractivity contribution is -0.591. The van der Waals surface area contributed by atoms with E-state index in [9.17, 15) is 0 Å². The van der Waals surface area contributed by atoms with Crippen molar-refractivity contribution in [2.75, 3.05) is 0 Å². The smallest absolute Gasteiger partial charge is 0.0963 e. The van der Waals surface area contributed by atoms with E-state index in [1.165, 1.54) is 12.0 Å². The van der Waals surface area contributed by atoms with Gasteiger partial charge in [-0.2, -0.15) is 0 Å². The normalized spacial score (nSPS) is 10.4. The van der Waals surface area contributed by atoms with Gasteiger partial charge in [-0.3, -0.25) is 0 Å². The molecule has 0 spiro atoms. The van der Waals surface area contributed by atoms with Crippen LogP contribution in [-0.2, 0) is 5.33 Å². The lowest BCUT2D eigenvalue weighted by Gasteiger charge is -1.91. The van der Waals surface area contributed by atoms with Crippen molar-refractivity contribution in [3.8, 4) is 0 Å². The van der Waals surface area contributed by atoms with Crippen LogP contribution >= 0.6 is 27.3 Å². The summed E-state index contributed by atoms with van der Waals surface area (Å²) < 4.78 is 3.04. The van der Waals surface area contributed by atoms with E-state index < -0.39 is 0 Å². The van der Waals surface area contributed by atoms with E-state index in [1.54, 1.807) is 0 Å². The molecule has 0 aliphatic carbocycles. The molecule has 0 aliphatic rings. The van der Waals surface area contributed by atoms with Crippen molar-refractivity contribution in [2.45, 2.75) is 5.33 Å². The zero-order chi connectivity index (χ0) is 9.80. The fourth-order valence-corrected chi connectivity index (χ4v) is 5.30. The van der Waals surface area contributed by atoms with E-state index in [0.29, 0.717) is 0 Å². The van der Waals surface area contributed by atoms with Gasteiger partial charge in [-0.1, -0.05) is 39.4 Å².